The van der Waals surface area contributed by atoms with E-state index in [-0.39, 0.29) is 24.8 Å². The molecule has 166 valence electrons. The Kier molecular flexibility index (Phi) is 7.88. The van der Waals surface area contributed by atoms with E-state index in [0.29, 0.717) is 44.5 Å². The molecule has 0 aromatic carbocycles. The highest BCUT2D eigenvalue weighted by molar-refractivity contribution is 5.94. The van der Waals surface area contributed by atoms with Crippen molar-refractivity contribution < 1.29 is 29.3 Å². The van der Waals surface area contributed by atoms with E-state index in [9.17, 15) is 14.7 Å². The van der Waals surface area contributed by atoms with E-state index in [2.05, 4.69) is 10.3 Å². The molecule has 1 aromatic rings. The number of amides is 2. The maximum atomic E-state index is 12.7. The van der Waals surface area contributed by atoms with Crippen LogP contribution in [0, 0.1) is 6.92 Å². The minimum Gasteiger partial charge on any atom is -0.483 e. The summed E-state index contributed by atoms with van der Waals surface area (Å²) in [5.74, 6) is -0.618. The number of nitrogens with two attached hydrogens (primary N) is 1. The third-order valence-corrected chi connectivity index (χ3v) is 5.77. The molecule has 2 amide bonds. The van der Waals surface area contributed by atoms with E-state index in [1.54, 1.807) is 12.1 Å². The molecule has 10 nitrogen and oxygen atoms in total. The van der Waals surface area contributed by atoms with Gasteiger partial charge in [-0.3, -0.25) is 24.3 Å². The van der Waals surface area contributed by atoms with Gasteiger partial charge in [0.05, 0.1) is 23.2 Å². The lowest BCUT2D eigenvalue weighted by Gasteiger charge is -2.53. The molecular weight excluding hydrogens is 392 g/mol. The molecule has 30 heavy (non-hydrogen) atoms. The maximum Gasteiger partial charge on any atom is 0.290 e. The molecule has 2 atom stereocenters. The van der Waals surface area contributed by atoms with E-state index >= 15 is 0 Å². The number of aryl methyl sites for hydroxylation is 1. The molecular formula is C20H30N4O6. The average Bonchev–Trinajstić information content (AvgIpc) is 2.69. The SMILES string of the molecule is Cc1ccc(C(=O)N[C@@]2(C)CCOC3(CCN(CC(N)=O)CC3)[C@@H]2O)cn1.O=CO. The van der Waals surface area contributed by atoms with E-state index in [1.807, 2.05) is 18.7 Å². The smallest absolute Gasteiger partial charge is 0.290 e. The van der Waals surface area contributed by atoms with Crippen molar-refractivity contribution in [2.45, 2.75) is 50.4 Å². The fraction of sp³-hybridized carbons (Fsp3) is 0.600. The molecule has 1 spiro atoms. The third-order valence-electron chi connectivity index (χ3n) is 5.77. The zero-order valence-corrected chi connectivity index (χ0v) is 17.3. The number of carboxylic acid groups (broad SMARTS) is 1. The molecule has 10 heteroatoms. The first-order valence-corrected chi connectivity index (χ1v) is 9.81. The van der Waals surface area contributed by atoms with E-state index in [4.69, 9.17) is 20.4 Å². The van der Waals surface area contributed by atoms with Crippen molar-refractivity contribution in [3.63, 3.8) is 0 Å². The summed E-state index contributed by atoms with van der Waals surface area (Å²) in [6.07, 6.45) is 2.37. The Morgan fingerprint density at radius 2 is 2.00 bits per heavy atom. The number of carbonyl (C=O) groups is 3. The molecule has 0 radical (unpaired) electrons. The molecule has 2 aliphatic heterocycles. The number of hydrogen-bond acceptors (Lipinski definition) is 7. The first kappa shape index (κ1) is 23.7. The number of likely N-dealkylation sites (tertiary alicyclic amines) is 1. The zero-order chi connectivity index (χ0) is 22.4. The molecule has 0 saturated carbocycles. The van der Waals surface area contributed by atoms with E-state index < -0.39 is 17.2 Å². The Hall–Kier alpha value is -2.56. The Labute approximate surface area is 175 Å². The van der Waals surface area contributed by atoms with Crippen LogP contribution in [0.3, 0.4) is 0 Å². The van der Waals surface area contributed by atoms with Gasteiger partial charge in [-0.05, 0) is 45.2 Å². The number of aliphatic hydroxyl groups is 1. The molecule has 0 unspecified atom stereocenters. The van der Waals surface area contributed by atoms with Gasteiger partial charge in [0.25, 0.3) is 12.4 Å². The van der Waals surface area contributed by atoms with Crippen LogP contribution in [0.5, 0.6) is 0 Å². The lowest BCUT2D eigenvalue weighted by molar-refractivity contribution is -0.205. The predicted molar refractivity (Wildman–Crippen MR) is 108 cm³/mol. The first-order chi connectivity index (χ1) is 14.2. The van der Waals surface area contributed by atoms with Crippen LogP contribution in [0.15, 0.2) is 18.3 Å². The van der Waals surface area contributed by atoms with Gasteiger partial charge in [-0.15, -0.1) is 0 Å². The monoisotopic (exact) mass is 422 g/mol. The number of piperidine rings is 1. The minimum atomic E-state index is -0.850. The van der Waals surface area contributed by atoms with Crippen LogP contribution in [0.1, 0.15) is 42.2 Å². The number of rotatable bonds is 4. The van der Waals surface area contributed by atoms with Gasteiger partial charge in [0.15, 0.2) is 0 Å². The van der Waals surface area contributed by atoms with Crippen LogP contribution in [-0.2, 0) is 14.3 Å². The van der Waals surface area contributed by atoms with Crippen LogP contribution < -0.4 is 11.1 Å². The standard InChI is InChI=1S/C19H28N4O4.CH2O2/c1-13-3-4-14(11-21-13)16(25)22-18(2)7-10-27-19(17(18)26)5-8-23(9-6-19)12-15(20)24;2-1-3/h3-4,11,17,26H,5-10,12H2,1-2H3,(H2,20,24)(H,22,25);1H,(H,2,3)/t17-,18+;/m1./s1. The second-order valence-corrected chi connectivity index (χ2v) is 7.97. The minimum absolute atomic E-state index is 0.209. The van der Waals surface area contributed by atoms with E-state index in [1.165, 1.54) is 6.20 Å². The topological polar surface area (TPSA) is 155 Å². The zero-order valence-electron chi connectivity index (χ0n) is 17.3. The Morgan fingerprint density at radius 3 is 2.53 bits per heavy atom. The number of aromatic nitrogens is 1. The van der Waals surface area contributed by atoms with Crippen molar-refractivity contribution >= 4 is 18.3 Å². The largest absolute Gasteiger partial charge is 0.483 e. The molecule has 0 bridgehead atoms. The van der Waals surface area contributed by atoms with Crippen LogP contribution in [0.4, 0.5) is 0 Å². The summed E-state index contributed by atoms with van der Waals surface area (Å²) in [4.78, 5) is 38.3. The molecule has 3 rings (SSSR count). The lowest BCUT2D eigenvalue weighted by atomic mass is 9.73. The Balaban J connectivity index is 0.00000101. The Bertz CT molecular complexity index is 748. The number of pyridine rings is 1. The summed E-state index contributed by atoms with van der Waals surface area (Å²) in [5.41, 5.74) is 5.05. The van der Waals surface area contributed by atoms with Gasteiger partial charge in [0, 0.05) is 31.6 Å². The van der Waals surface area contributed by atoms with Crippen molar-refractivity contribution in [3.05, 3.63) is 29.6 Å². The lowest BCUT2D eigenvalue weighted by Crippen LogP contribution is -2.69. The predicted octanol–water partition coefficient (Wildman–Crippen LogP) is -0.320. The molecule has 3 heterocycles. The van der Waals surface area contributed by atoms with Gasteiger partial charge in [-0.1, -0.05) is 0 Å². The van der Waals surface area contributed by atoms with Crippen molar-refractivity contribution in [2.75, 3.05) is 26.2 Å². The Morgan fingerprint density at radius 1 is 1.37 bits per heavy atom. The van der Waals surface area contributed by atoms with Gasteiger partial charge in [0.2, 0.25) is 5.91 Å². The summed E-state index contributed by atoms with van der Waals surface area (Å²) in [6.45, 7) is 5.37. The highest BCUT2D eigenvalue weighted by Crippen LogP contribution is 2.40. The normalized spacial score (nSPS) is 25.6. The molecule has 1 aromatic heterocycles. The fourth-order valence-electron chi connectivity index (χ4n) is 4.05. The summed E-state index contributed by atoms with van der Waals surface area (Å²) in [6, 6.07) is 3.51. The quantitative estimate of drug-likeness (QED) is 0.481. The molecule has 2 aliphatic rings. The van der Waals surface area contributed by atoms with Gasteiger partial charge in [0.1, 0.15) is 6.10 Å². The number of hydrogen-bond donors (Lipinski definition) is 4. The summed E-state index contributed by atoms with van der Waals surface area (Å²) in [5, 5.41) is 21.0. The highest BCUT2D eigenvalue weighted by atomic mass is 16.5. The number of carbonyl (C=O) groups excluding carboxylic acids is 2. The summed E-state index contributed by atoms with van der Waals surface area (Å²) in [7, 11) is 0. The van der Waals surface area contributed by atoms with Gasteiger partial charge >= 0.3 is 0 Å². The van der Waals surface area contributed by atoms with Crippen LogP contribution in [-0.4, -0.2) is 81.9 Å². The number of aliphatic hydroxyl groups excluding tert-OH is 1. The molecule has 2 saturated heterocycles. The van der Waals surface area contributed by atoms with Crippen molar-refractivity contribution in [3.8, 4) is 0 Å². The van der Waals surface area contributed by atoms with Crippen LogP contribution in [0.2, 0.25) is 0 Å². The first-order valence-electron chi connectivity index (χ1n) is 9.81. The number of nitrogens with zero attached hydrogens (tertiary/aromatic N) is 2. The highest BCUT2D eigenvalue weighted by Gasteiger charge is 2.53. The van der Waals surface area contributed by atoms with E-state index in [0.717, 1.165) is 5.69 Å². The van der Waals surface area contributed by atoms with Gasteiger partial charge in [-0.25, -0.2) is 0 Å². The maximum absolute atomic E-state index is 12.7. The second kappa shape index (κ2) is 9.96. The van der Waals surface area contributed by atoms with Gasteiger partial charge < -0.3 is 26.0 Å². The van der Waals surface area contributed by atoms with Crippen LogP contribution in [0.25, 0.3) is 0 Å². The number of nitrogens with one attached hydrogen (secondary N) is 1. The van der Waals surface area contributed by atoms with Crippen molar-refractivity contribution in [1.82, 2.24) is 15.2 Å². The second-order valence-electron chi connectivity index (χ2n) is 7.97. The van der Waals surface area contributed by atoms with Crippen molar-refractivity contribution in [1.29, 1.82) is 0 Å². The van der Waals surface area contributed by atoms with Crippen LogP contribution >= 0.6 is 0 Å². The van der Waals surface area contributed by atoms with Crippen molar-refractivity contribution in [2.24, 2.45) is 5.73 Å². The molecule has 0 aliphatic carbocycles. The summed E-state index contributed by atoms with van der Waals surface area (Å²) >= 11 is 0. The summed E-state index contributed by atoms with van der Waals surface area (Å²) < 4.78 is 6.01. The fourth-order valence-corrected chi connectivity index (χ4v) is 4.05. The third kappa shape index (κ3) is 5.53. The molecule has 5 N–H and O–H groups in total. The van der Waals surface area contributed by atoms with Gasteiger partial charge in [-0.2, -0.15) is 0 Å². The average molecular weight is 422 g/mol. The number of ether oxygens (including phenoxy) is 1. The molecule has 2 fully saturated rings. The number of primary amides is 1.